The minimum absolute atomic E-state index is 0.228. The molecule has 0 amide bonds. The highest BCUT2D eigenvalue weighted by Gasteiger charge is 2.31. The number of benzene rings is 1. The van der Waals surface area contributed by atoms with Gasteiger partial charge in [0.25, 0.3) is 0 Å². The summed E-state index contributed by atoms with van der Waals surface area (Å²) < 4.78 is 7.63. The Bertz CT molecular complexity index is 973. The molecule has 6 heteroatoms. The Morgan fingerprint density at radius 2 is 2.08 bits per heavy atom. The van der Waals surface area contributed by atoms with Gasteiger partial charge in [-0.1, -0.05) is 30.3 Å². The molecule has 0 aliphatic carbocycles. The van der Waals surface area contributed by atoms with Crippen molar-refractivity contribution >= 4 is 27.4 Å². The number of nitrogen functional groups attached to an aromatic ring is 1. The molecule has 124 valence electrons. The van der Waals surface area contributed by atoms with Gasteiger partial charge < -0.3 is 10.5 Å². The van der Waals surface area contributed by atoms with Crippen molar-refractivity contribution in [2.75, 3.05) is 5.73 Å². The number of hydrogen-bond donors (Lipinski definition) is 1. The molecule has 1 aromatic carbocycles. The third-order valence-corrected chi connectivity index (χ3v) is 5.63. The monoisotopic (exact) mass is 341 g/mol. The molecule has 0 atom stereocenters. The average molecular weight is 341 g/mol. The van der Waals surface area contributed by atoms with Crippen molar-refractivity contribution in [3.8, 4) is 0 Å². The molecule has 0 bridgehead atoms. The van der Waals surface area contributed by atoms with E-state index in [9.17, 15) is 4.79 Å². The van der Waals surface area contributed by atoms with E-state index in [1.165, 1.54) is 5.56 Å². The van der Waals surface area contributed by atoms with Crippen molar-refractivity contribution < 1.29 is 4.74 Å². The number of rotatable bonds is 2. The first-order valence-electron chi connectivity index (χ1n) is 7.93. The maximum atomic E-state index is 12.4. The van der Waals surface area contributed by atoms with Crippen LogP contribution in [0.5, 0.6) is 0 Å². The highest BCUT2D eigenvalue weighted by Crippen LogP contribution is 2.40. The Labute approximate surface area is 143 Å². The lowest BCUT2D eigenvalue weighted by molar-refractivity contribution is -0.0379. The average Bonchev–Trinajstić information content (AvgIpc) is 2.90. The maximum absolute atomic E-state index is 12.4. The van der Waals surface area contributed by atoms with Crippen LogP contribution in [0.1, 0.15) is 29.9 Å². The molecule has 0 saturated heterocycles. The molecule has 5 nitrogen and oxygen atoms in total. The van der Waals surface area contributed by atoms with Gasteiger partial charge in [-0.25, -0.2) is 4.79 Å². The zero-order chi connectivity index (χ0) is 16.9. The van der Waals surface area contributed by atoms with Gasteiger partial charge >= 0.3 is 5.69 Å². The summed E-state index contributed by atoms with van der Waals surface area (Å²) in [5, 5.41) is 0.918. The van der Waals surface area contributed by atoms with Crippen molar-refractivity contribution in [1.29, 1.82) is 0 Å². The highest BCUT2D eigenvalue weighted by molar-refractivity contribution is 7.19. The van der Waals surface area contributed by atoms with Crippen molar-refractivity contribution in [2.24, 2.45) is 0 Å². The molecule has 2 N–H and O–H groups in total. The van der Waals surface area contributed by atoms with Gasteiger partial charge in [-0.3, -0.25) is 4.57 Å². The molecule has 0 saturated carbocycles. The molecule has 1 aliphatic rings. The van der Waals surface area contributed by atoms with Crippen LogP contribution in [0.15, 0.2) is 35.1 Å². The first-order chi connectivity index (χ1) is 11.4. The second-order valence-electron chi connectivity index (χ2n) is 6.76. The third kappa shape index (κ3) is 2.52. The van der Waals surface area contributed by atoms with E-state index in [0.29, 0.717) is 19.0 Å². The minimum atomic E-state index is -0.303. The Balaban J connectivity index is 1.92. The van der Waals surface area contributed by atoms with Crippen molar-refractivity contribution in [3.63, 3.8) is 0 Å². The van der Waals surface area contributed by atoms with Gasteiger partial charge in [-0.2, -0.15) is 4.98 Å². The molecule has 24 heavy (non-hydrogen) atoms. The summed E-state index contributed by atoms with van der Waals surface area (Å²) in [7, 11) is 0. The van der Waals surface area contributed by atoms with Crippen molar-refractivity contribution in [2.45, 2.75) is 39.0 Å². The van der Waals surface area contributed by atoms with Gasteiger partial charge in [0.15, 0.2) is 0 Å². The lowest BCUT2D eigenvalue weighted by atomic mass is 9.94. The van der Waals surface area contributed by atoms with Crippen LogP contribution in [0.2, 0.25) is 0 Å². The van der Waals surface area contributed by atoms with E-state index < -0.39 is 0 Å². The maximum Gasteiger partial charge on any atom is 0.350 e. The van der Waals surface area contributed by atoms with E-state index in [1.807, 2.05) is 30.3 Å². The molecule has 2 aromatic heterocycles. The van der Waals surface area contributed by atoms with Crippen LogP contribution in [0.4, 0.5) is 5.82 Å². The highest BCUT2D eigenvalue weighted by atomic mass is 32.1. The number of nitrogens with two attached hydrogens (primary N) is 1. The predicted octanol–water partition coefficient (Wildman–Crippen LogP) is 2.94. The summed E-state index contributed by atoms with van der Waals surface area (Å²) in [6, 6.07) is 9.92. The van der Waals surface area contributed by atoms with E-state index in [2.05, 4.69) is 18.8 Å². The van der Waals surface area contributed by atoms with E-state index in [1.54, 1.807) is 15.9 Å². The lowest BCUT2D eigenvalue weighted by Gasteiger charge is -2.30. The standard InChI is InChI=1S/C18H19N3O2S/c1-18(2)8-12-13(10-23-18)24-16-14(12)15(19)20-17(22)21(16)9-11-6-4-3-5-7-11/h3-7H,8-10H2,1-2H3,(H2,19,20,22). The van der Waals surface area contributed by atoms with Crippen LogP contribution in [-0.4, -0.2) is 15.2 Å². The summed E-state index contributed by atoms with van der Waals surface area (Å²) >= 11 is 1.59. The number of thiophene rings is 1. The lowest BCUT2D eigenvalue weighted by Crippen LogP contribution is -2.31. The zero-order valence-electron chi connectivity index (χ0n) is 13.7. The molecule has 0 fully saturated rings. The second-order valence-corrected chi connectivity index (χ2v) is 7.84. The SMILES string of the molecule is CC1(C)Cc2c(sc3c2c(N)nc(=O)n3Cc2ccccc2)CO1. The largest absolute Gasteiger partial charge is 0.383 e. The Kier molecular flexibility index (Phi) is 3.47. The second kappa shape index (κ2) is 5.43. The fraction of sp³-hybridized carbons (Fsp3) is 0.333. The van der Waals surface area contributed by atoms with Crippen LogP contribution in [0.3, 0.4) is 0 Å². The van der Waals surface area contributed by atoms with Gasteiger partial charge in [0, 0.05) is 11.3 Å². The van der Waals surface area contributed by atoms with Crippen LogP contribution in [0, 0.1) is 0 Å². The van der Waals surface area contributed by atoms with E-state index >= 15 is 0 Å². The number of anilines is 1. The summed E-state index contributed by atoms with van der Waals surface area (Å²) in [4.78, 5) is 18.6. The molecule has 0 radical (unpaired) electrons. The van der Waals surface area contributed by atoms with Gasteiger partial charge in [0.2, 0.25) is 0 Å². The van der Waals surface area contributed by atoms with Gasteiger partial charge in [0.05, 0.1) is 24.1 Å². The number of nitrogens with zero attached hydrogens (tertiary/aromatic N) is 2. The molecule has 0 spiro atoms. The summed E-state index contributed by atoms with van der Waals surface area (Å²) in [6.45, 7) is 5.19. The smallest absolute Gasteiger partial charge is 0.350 e. The van der Waals surface area contributed by atoms with Crippen molar-refractivity contribution in [1.82, 2.24) is 9.55 Å². The molecule has 0 unspecified atom stereocenters. The van der Waals surface area contributed by atoms with Crippen LogP contribution >= 0.6 is 11.3 Å². The summed E-state index contributed by atoms with van der Waals surface area (Å²) in [5.74, 6) is 0.328. The molecule has 3 aromatic rings. The quantitative estimate of drug-likeness (QED) is 0.778. The van der Waals surface area contributed by atoms with E-state index in [4.69, 9.17) is 10.5 Å². The van der Waals surface area contributed by atoms with Gasteiger partial charge in [-0.15, -0.1) is 11.3 Å². The normalized spacial score (nSPS) is 16.2. The Hall–Kier alpha value is -2.18. The number of aromatic nitrogens is 2. The van der Waals surface area contributed by atoms with E-state index in [0.717, 1.165) is 27.1 Å². The van der Waals surface area contributed by atoms with Gasteiger partial charge in [0.1, 0.15) is 10.6 Å². The molecule has 1 aliphatic heterocycles. The fourth-order valence-corrected chi connectivity index (χ4v) is 4.44. The summed E-state index contributed by atoms with van der Waals surface area (Å²) in [6.07, 6.45) is 0.776. The van der Waals surface area contributed by atoms with Gasteiger partial charge in [-0.05, 0) is 25.0 Å². The Morgan fingerprint density at radius 3 is 2.83 bits per heavy atom. The molecular weight excluding hydrogens is 322 g/mol. The molecule has 3 heterocycles. The minimum Gasteiger partial charge on any atom is -0.383 e. The first kappa shape index (κ1) is 15.4. The number of hydrogen-bond acceptors (Lipinski definition) is 5. The number of ether oxygens (including phenoxy) is 1. The molecular formula is C18H19N3O2S. The molecule has 4 rings (SSSR count). The predicted molar refractivity (Wildman–Crippen MR) is 96.4 cm³/mol. The Morgan fingerprint density at radius 1 is 1.33 bits per heavy atom. The fourth-order valence-electron chi connectivity index (χ4n) is 3.20. The summed E-state index contributed by atoms with van der Waals surface area (Å²) in [5.41, 5.74) is 7.83. The van der Waals surface area contributed by atoms with Crippen LogP contribution in [-0.2, 0) is 24.3 Å². The van der Waals surface area contributed by atoms with Crippen LogP contribution < -0.4 is 11.4 Å². The van der Waals surface area contributed by atoms with Crippen LogP contribution in [0.25, 0.3) is 10.2 Å². The zero-order valence-corrected chi connectivity index (χ0v) is 14.5. The first-order valence-corrected chi connectivity index (χ1v) is 8.75. The third-order valence-electron chi connectivity index (χ3n) is 4.40. The van der Waals surface area contributed by atoms with E-state index in [-0.39, 0.29) is 11.3 Å². The number of fused-ring (bicyclic) bond motifs is 3. The van der Waals surface area contributed by atoms with Crippen molar-refractivity contribution in [3.05, 3.63) is 56.8 Å². The topological polar surface area (TPSA) is 70.1 Å².